The van der Waals surface area contributed by atoms with E-state index in [9.17, 15) is 4.79 Å². The van der Waals surface area contributed by atoms with Crippen LogP contribution in [0.25, 0.3) is 0 Å². The van der Waals surface area contributed by atoms with Crippen molar-refractivity contribution in [1.82, 2.24) is 20.1 Å². The van der Waals surface area contributed by atoms with Gasteiger partial charge in [0.15, 0.2) is 5.82 Å². The van der Waals surface area contributed by atoms with Gasteiger partial charge in [0, 0.05) is 18.3 Å². The number of aryl methyl sites for hydroxylation is 1. The van der Waals surface area contributed by atoms with Crippen molar-refractivity contribution in [3.8, 4) is 0 Å². The maximum absolute atomic E-state index is 11.8. The summed E-state index contributed by atoms with van der Waals surface area (Å²) in [6, 6.07) is 7.14. The fourth-order valence-electron chi connectivity index (χ4n) is 1.88. The number of urea groups is 1. The second kappa shape index (κ2) is 6.85. The first kappa shape index (κ1) is 15.0. The number of hydrogen-bond acceptors (Lipinski definition) is 4. The van der Waals surface area contributed by atoms with Gasteiger partial charge in [-0.25, -0.2) is 4.79 Å². The second-order valence-corrected chi connectivity index (χ2v) is 4.75. The summed E-state index contributed by atoms with van der Waals surface area (Å²) < 4.78 is 1.87. The summed E-state index contributed by atoms with van der Waals surface area (Å²) in [6.45, 7) is 5.01. The van der Waals surface area contributed by atoms with Gasteiger partial charge in [-0.3, -0.25) is 0 Å². The van der Waals surface area contributed by atoms with Gasteiger partial charge in [-0.15, -0.1) is 10.2 Å². The van der Waals surface area contributed by atoms with Gasteiger partial charge in [0.25, 0.3) is 0 Å². The lowest BCUT2D eigenvalue weighted by atomic mass is 10.1. The van der Waals surface area contributed by atoms with Crippen molar-refractivity contribution in [2.24, 2.45) is 5.73 Å². The number of hydrogen-bond donors (Lipinski definition) is 3. The Labute approximate surface area is 123 Å². The van der Waals surface area contributed by atoms with Gasteiger partial charge in [0.2, 0.25) is 0 Å². The molecule has 0 saturated carbocycles. The van der Waals surface area contributed by atoms with Crippen LogP contribution in [0.4, 0.5) is 10.5 Å². The number of benzene rings is 1. The minimum atomic E-state index is -0.283. The zero-order valence-electron chi connectivity index (χ0n) is 12.2. The maximum atomic E-state index is 11.8. The molecule has 0 bridgehead atoms. The van der Waals surface area contributed by atoms with Crippen LogP contribution in [0.15, 0.2) is 30.6 Å². The topological polar surface area (TPSA) is 97.9 Å². The molecule has 2 aromatic rings. The minimum Gasteiger partial charge on any atom is -0.331 e. The number of nitrogens with one attached hydrogen (secondary N) is 2. The van der Waals surface area contributed by atoms with Crippen LogP contribution in [-0.2, 0) is 13.1 Å². The van der Waals surface area contributed by atoms with E-state index >= 15 is 0 Å². The molecule has 112 valence electrons. The molecular weight excluding hydrogens is 268 g/mol. The smallest absolute Gasteiger partial charge is 0.319 e. The minimum absolute atomic E-state index is 0.0201. The quantitative estimate of drug-likeness (QED) is 0.779. The molecule has 0 aliphatic rings. The van der Waals surface area contributed by atoms with Crippen LogP contribution in [0.1, 0.15) is 31.3 Å². The number of carbonyl (C=O) groups excluding carboxylic acids is 1. The van der Waals surface area contributed by atoms with Crippen LogP contribution < -0.4 is 16.4 Å². The summed E-state index contributed by atoms with van der Waals surface area (Å²) in [5.41, 5.74) is 7.52. The van der Waals surface area contributed by atoms with E-state index in [1.165, 1.54) is 0 Å². The van der Waals surface area contributed by atoms with Crippen LogP contribution in [-0.4, -0.2) is 20.8 Å². The number of amides is 2. The number of nitrogens with two attached hydrogens (primary N) is 1. The molecule has 1 heterocycles. The van der Waals surface area contributed by atoms with Crippen molar-refractivity contribution >= 4 is 11.7 Å². The number of carbonyl (C=O) groups is 1. The molecule has 1 aromatic heterocycles. The number of rotatable bonds is 5. The monoisotopic (exact) mass is 288 g/mol. The molecule has 2 amide bonds. The van der Waals surface area contributed by atoms with Gasteiger partial charge < -0.3 is 20.9 Å². The van der Waals surface area contributed by atoms with Crippen LogP contribution in [0.2, 0.25) is 0 Å². The Hall–Kier alpha value is -2.41. The summed E-state index contributed by atoms with van der Waals surface area (Å²) in [5, 5.41) is 13.3. The largest absolute Gasteiger partial charge is 0.331 e. The first-order valence-corrected chi connectivity index (χ1v) is 6.87. The summed E-state index contributed by atoms with van der Waals surface area (Å²) in [7, 11) is 0. The lowest BCUT2D eigenvalue weighted by Gasteiger charge is -2.09. The Balaban J connectivity index is 1.87. The molecule has 21 heavy (non-hydrogen) atoms. The maximum Gasteiger partial charge on any atom is 0.319 e. The first-order chi connectivity index (χ1) is 10.1. The van der Waals surface area contributed by atoms with Crippen molar-refractivity contribution in [2.45, 2.75) is 33.0 Å². The lowest BCUT2D eigenvalue weighted by molar-refractivity contribution is 0.251. The molecule has 0 spiro atoms. The van der Waals surface area contributed by atoms with Gasteiger partial charge in [0.05, 0.1) is 6.54 Å². The predicted molar refractivity (Wildman–Crippen MR) is 80.6 cm³/mol. The summed E-state index contributed by atoms with van der Waals surface area (Å²) >= 11 is 0. The highest BCUT2D eigenvalue weighted by Gasteiger charge is 2.06. The molecule has 2 rings (SSSR count). The molecule has 0 saturated heterocycles. The predicted octanol–water partition coefficient (Wildman–Crippen LogP) is 1.64. The zero-order chi connectivity index (χ0) is 15.2. The average Bonchev–Trinajstić information content (AvgIpc) is 2.93. The Morgan fingerprint density at radius 1 is 1.38 bits per heavy atom. The highest BCUT2D eigenvalue weighted by atomic mass is 16.2. The van der Waals surface area contributed by atoms with Crippen LogP contribution >= 0.6 is 0 Å². The molecular formula is C14H20N6O. The number of nitrogens with zero attached hydrogens (tertiary/aromatic N) is 3. The molecule has 1 aromatic carbocycles. The van der Waals surface area contributed by atoms with E-state index in [2.05, 4.69) is 20.8 Å². The summed E-state index contributed by atoms with van der Waals surface area (Å²) in [4.78, 5) is 11.8. The normalized spacial score (nSPS) is 12.0. The first-order valence-electron chi connectivity index (χ1n) is 6.87. The van der Waals surface area contributed by atoms with Gasteiger partial charge in [-0.05, 0) is 31.5 Å². The van der Waals surface area contributed by atoms with E-state index in [1.54, 1.807) is 6.33 Å². The third-order valence-corrected chi connectivity index (χ3v) is 3.14. The van der Waals surface area contributed by atoms with Crippen molar-refractivity contribution in [3.63, 3.8) is 0 Å². The molecule has 0 aliphatic carbocycles. The zero-order valence-corrected chi connectivity index (χ0v) is 12.2. The Morgan fingerprint density at radius 2 is 2.10 bits per heavy atom. The molecule has 1 unspecified atom stereocenters. The molecule has 0 fully saturated rings. The second-order valence-electron chi connectivity index (χ2n) is 4.75. The molecule has 0 aliphatic heterocycles. The third-order valence-electron chi connectivity index (χ3n) is 3.14. The summed E-state index contributed by atoms with van der Waals surface area (Å²) in [6.07, 6.45) is 1.64. The van der Waals surface area contributed by atoms with E-state index in [4.69, 9.17) is 5.73 Å². The molecule has 0 radical (unpaired) electrons. The molecule has 7 nitrogen and oxygen atoms in total. The Bertz CT molecular complexity index is 590. The number of anilines is 1. The molecule has 4 N–H and O–H groups in total. The highest BCUT2D eigenvalue weighted by molar-refractivity contribution is 5.89. The van der Waals surface area contributed by atoms with Gasteiger partial charge in [-0.2, -0.15) is 0 Å². The fraction of sp³-hybridized carbons (Fsp3) is 0.357. The van der Waals surface area contributed by atoms with E-state index in [1.807, 2.05) is 42.7 Å². The van der Waals surface area contributed by atoms with Crippen molar-refractivity contribution < 1.29 is 4.79 Å². The van der Waals surface area contributed by atoms with Gasteiger partial charge in [0.1, 0.15) is 6.33 Å². The van der Waals surface area contributed by atoms with Crippen LogP contribution in [0.5, 0.6) is 0 Å². The van der Waals surface area contributed by atoms with E-state index in [-0.39, 0.29) is 12.1 Å². The van der Waals surface area contributed by atoms with Gasteiger partial charge in [-0.1, -0.05) is 12.1 Å². The third kappa shape index (κ3) is 4.03. The number of aromatic nitrogens is 3. The van der Waals surface area contributed by atoms with Crippen molar-refractivity contribution in [2.75, 3.05) is 5.32 Å². The molecule has 7 heteroatoms. The lowest BCUT2D eigenvalue weighted by Crippen LogP contribution is -2.29. The Morgan fingerprint density at radius 3 is 2.71 bits per heavy atom. The highest BCUT2D eigenvalue weighted by Crippen LogP contribution is 2.13. The summed E-state index contributed by atoms with van der Waals surface area (Å²) in [5.74, 6) is 0.722. The van der Waals surface area contributed by atoms with E-state index in [0.717, 1.165) is 17.9 Å². The van der Waals surface area contributed by atoms with Crippen molar-refractivity contribution in [1.29, 1.82) is 0 Å². The van der Waals surface area contributed by atoms with Crippen molar-refractivity contribution in [3.05, 3.63) is 42.0 Å². The molecule has 1 atom stereocenters. The van der Waals surface area contributed by atoms with Gasteiger partial charge >= 0.3 is 6.03 Å². The standard InChI is InChI=1S/C14H20N6O/c1-3-20-9-17-19-13(20)8-16-14(21)18-12-6-4-11(5-7-12)10(2)15/h4-7,9-10H,3,8,15H2,1-2H3,(H2,16,18,21). The van der Waals surface area contributed by atoms with E-state index < -0.39 is 0 Å². The van der Waals surface area contributed by atoms with Crippen LogP contribution in [0, 0.1) is 0 Å². The van der Waals surface area contributed by atoms with E-state index in [0.29, 0.717) is 12.2 Å². The fourth-order valence-corrected chi connectivity index (χ4v) is 1.88. The average molecular weight is 288 g/mol. The Kier molecular flexibility index (Phi) is 4.89. The SMILES string of the molecule is CCn1cnnc1CNC(=O)Nc1ccc(C(C)N)cc1. The van der Waals surface area contributed by atoms with Crippen LogP contribution in [0.3, 0.4) is 0 Å².